The molecule has 1 heterocycles. The standard InChI is InChI=1S/C14H16N2O3/c1-14(2,8-17)16-12-11-4-3-10(13(18)19)7-9(11)5-6-15-12/h3-7,17H,8H2,1-2H3,(H,15,16)(H,18,19). The molecule has 0 bridgehead atoms. The number of nitrogens with one attached hydrogen (secondary N) is 1. The van der Waals surface area contributed by atoms with Crippen LogP contribution in [0.25, 0.3) is 10.8 Å². The average Bonchev–Trinajstić information content (AvgIpc) is 2.38. The first-order valence-corrected chi connectivity index (χ1v) is 5.94. The van der Waals surface area contributed by atoms with Crippen LogP contribution in [0.4, 0.5) is 5.82 Å². The van der Waals surface area contributed by atoms with Gasteiger partial charge < -0.3 is 15.5 Å². The second-order valence-corrected chi connectivity index (χ2v) is 5.07. The molecule has 3 N–H and O–H groups in total. The SMILES string of the molecule is CC(C)(CO)Nc1nccc2cc(C(=O)O)ccc12. The number of carboxylic acids is 1. The number of hydrogen-bond acceptors (Lipinski definition) is 4. The molecule has 2 aromatic rings. The van der Waals surface area contributed by atoms with Crippen LogP contribution < -0.4 is 5.32 Å². The van der Waals surface area contributed by atoms with Crippen LogP contribution in [0.2, 0.25) is 0 Å². The Kier molecular flexibility index (Phi) is 3.40. The van der Waals surface area contributed by atoms with Crippen molar-refractivity contribution in [2.24, 2.45) is 0 Å². The third kappa shape index (κ3) is 2.82. The minimum absolute atomic E-state index is 0.0295. The Morgan fingerprint density at radius 2 is 2.11 bits per heavy atom. The van der Waals surface area contributed by atoms with Crippen molar-refractivity contribution in [2.45, 2.75) is 19.4 Å². The van der Waals surface area contributed by atoms with E-state index in [4.69, 9.17) is 5.11 Å². The monoisotopic (exact) mass is 260 g/mol. The number of fused-ring (bicyclic) bond motifs is 1. The molecule has 5 nitrogen and oxygen atoms in total. The number of rotatable bonds is 4. The molecule has 19 heavy (non-hydrogen) atoms. The molecule has 5 heteroatoms. The lowest BCUT2D eigenvalue weighted by Crippen LogP contribution is -2.35. The summed E-state index contributed by atoms with van der Waals surface area (Å²) in [4.78, 5) is 15.2. The number of aromatic nitrogens is 1. The normalized spacial score (nSPS) is 11.5. The molecule has 0 atom stereocenters. The van der Waals surface area contributed by atoms with Gasteiger partial charge in [-0.2, -0.15) is 0 Å². The van der Waals surface area contributed by atoms with Gasteiger partial charge >= 0.3 is 5.97 Å². The minimum Gasteiger partial charge on any atom is -0.478 e. The molecule has 100 valence electrons. The van der Waals surface area contributed by atoms with Gasteiger partial charge in [-0.15, -0.1) is 0 Å². The van der Waals surface area contributed by atoms with E-state index in [0.717, 1.165) is 10.8 Å². The second-order valence-electron chi connectivity index (χ2n) is 5.07. The maximum Gasteiger partial charge on any atom is 0.335 e. The van der Waals surface area contributed by atoms with Crippen LogP contribution in [0.3, 0.4) is 0 Å². The van der Waals surface area contributed by atoms with Gasteiger partial charge in [0.25, 0.3) is 0 Å². The maximum absolute atomic E-state index is 10.9. The van der Waals surface area contributed by atoms with Gasteiger partial charge in [-0.1, -0.05) is 0 Å². The van der Waals surface area contributed by atoms with E-state index in [1.807, 2.05) is 13.8 Å². The van der Waals surface area contributed by atoms with Gasteiger partial charge in [-0.3, -0.25) is 0 Å². The van der Waals surface area contributed by atoms with Crippen LogP contribution in [0, 0.1) is 0 Å². The van der Waals surface area contributed by atoms with Gasteiger partial charge in [-0.25, -0.2) is 9.78 Å². The minimum atomic E-state index is -0.955. The molecule has 1 aromatic carbocycles. The third-order valence-electron chi connectivity index (χ3n) is 2.86. The number of aliphatic hydroxyl groups excluding tert-OH is 1. The third-order valence-corrected chi connectivity index (χ3v) is 2.86. The van der Waals surface area contributed by atoms with Gasteiger partial charge in [0.15, 0.2) is 0 Å². The number of benzene rings is 1. The fraction of sp³-hybridized carbons (Fsp3) is 0.286. The van der Waals surface area contributed by atoms with Crippen LogP contribution in [0.1, 0.15) is 24.2 Å². The summed E-state index contributed by atoms with van der Waals surface area (Å²) in [7, 11) is 0. The first-order chi connectivity index (χ1) is 8.93. The molecule has 0 aliphatic carbocycles. The topological polar surface area (TPSA) is 82.5 Å². The van der Waals surface area contributed by atoms with Crippen LogP contribution in [0.5, 0.6) is 0 Å². The maximum atomic E-state index is 10.9. The Labute approximate surface area is 110 Å². The smallest absolute Gasteiger partial charge is 0.335 e. The number of anilines is 1. The first kappa shape index (κ1) is 13.3. The zero-order valence-corrected chi connectivity index (χ0v) is 10.8. The van der Waals surface area contributed by atoms with E-state index in [2.05, 4.69) is 10.3 Å². The van der Waals surface area contributed by atoms with Gasteiger partial charge in [0.1, 0.15) is 5.82 Å². The van der Waals surface area contributed by atoms with Crippen LogP contribution >= 0.6 is 0 Å². The fourth-order valence-electron chi connectivity index (χ4n) is 1.77. The largest absolute Gasteiger partial charge is 0.478 e. The Morgan fingerprint density at radius 1 is 1.37 bits per heavy atom. The molecule has 0 radical (unpaired) electrons. The average molecular weight is 260 g/mol. The van der Waals surface area contributed by atoms with Crippen molar-refractivity contribution >= 4 is 22.6 Å². The molecule has 0 aliphatic heterocycles. The van der Waals surface area contributed by atoms with E-state index in [1.54, 1.807) is 30.5 Å². The summed E-state index contributed by atoms with van der Waals surface area (Å²) < 4.78 is 0. The molecular formula is C14H16N2O3. The number of carbonyl (C=O) groups is 1. The number of pyridine rings is 1. The highest BCUT2D eigenvalue weighted by atomic mass is 16.4. The number of carboxylic acid groups (broad SMARTS) is 1. The molecule has 0 aliphatic rings. The van der Waals surface area contributed by atoms with Crippen molar-refractivity contribution in [1.29, 1.82) is 0 Å². The first-order valence-electron chi connectivity index (χ1n) is 5.94. The molecule has 2 rings (SSSR count). The summed E-state index contributed by atoms with van der Waals surface area (Å²) in [5.74, 6) is -0.322. The summed E-state index contributed by atoms with van der Waals surface area (Å²) >= 11 is 0. The van der Waals surface area contributed by atoms with Crippen molar-refractivity contribution in [3.8, 4) is 0 Å². The molecule has 0 saturated heterocycles. The van der Waals surface area contributed by atoms with Crippen molar-refractivity contribution in [3.63, 3.8) is 0 Å². The van der Waals surface area contributed by atoms with Crippen LogP contribution in [-0.2, 0) is 0 Å². The summed E-state index contributed by atoms with van der Waals surface area (Å²) in [5, 5.41) is 23.0. The Bertz CT molecular complexity index is 623. The summed E-state index contributed by atoms with van der Waals surface area (Å²) in [6, 6.07) is 6.64. The lowest BCUT2D eigenvalue weighted by Gasteiger charge is -2.24. The van der Waals surface area contributed by atoms with Crippen molar-refractivity contribution in [1.82, 2.24) is 4.98 Å². The molecule has 0 amide bonds. The fourth-order valence-corrected chi connectivity index (χ4v) is 1.77. The Morgan fingerprint density at radius 3 is 2.74 bits per heavy atom. The van der Waals surface area contributed by atoms with Crippen LogP contribution in [-0.4, -0.2) is 33.3 Å². The lowest BCUT2D eigenvalue weighted by molar-refractivity contribution is 0.0697. The highest BCUT2D eigenvalue weighted by Crippen LogP contribution is 2.24. The zero-order valence-electron chi connectivity index (χ0n) is 10.8. The Balaban J connectivity index is 2.49. The summed E-state index contributed by atoms with van der Waals surface area (Å²) in [5.41, 5.74) is -0.252. The highest BCUT2D eigenvalue weighted by Gasteiger charge is 2.17. The van der Waals surface area contributed by atoms with Crippen LogP contribution in [0.15, 0.2) is 30.5 Å². The van der Waals surface area contributed by atoms with Crippen molar-refractivity contribution < 1.29 is 15.0 Å². The van der Waals surface area contributed by atoms with E-state index < -0.39 is 11.5 Å². The Hall–Kier alpha value is -2.14. The molecule has 0 fully saturated rings. The predicted octanol–water partition coefficient (Wildman–Crippen LogP) is 2.12. The van der Waals surface area contributed by atoms with Gasteiger partial charge in [-0.05, 0) is 43.5 Å². The predicted molar refractivity (Wildman–Crippen MR) is 73.5 cm³/mol. The van der Waals surface area contributed by atoms with Gasteiger partial charge in [0.2, 0.25) is 0 Å². The quantitative estimate of drug-likeness (QED) is 0.784. The number of aromatic carboxylic acids is 1. The summed E-state index contributed by atoms with van der Waals surface area (Å²) in [6.45, 7) is 3.69. The van der Waals surface area contributed by atoms with E-state index in [1.165, 1.54) is 0 Å². The number of hydrogen-bond donors (Lipinski definition) is 3. The zero-order chi connectivity index (χ0) is 14.0. The molecular weight excluding hydrogens is 244 g/mol. The molecule has 0 saturated carbocycles. The molecule has 0 spiro atoms. The summed E-state index contributed by atoms with van der Waals surface area (Å²) in [6.07, 6.45) is 1.61. The van der Waals surface area contributed by atoms with Crippen molar-refractivity contribution in [2.75, 3.05) is 11.9 Å². The van der Waals surface area contributed by atoms with Gasteiger partial charge in [0, 0.05) is 11.6 Å². The van der Waals surface area contributed by atoms with E-state index >= 15 is 0 Å². The van der Waals surface area contributed by atoms with E-state index in [-0.39, 0.29) is 12.2 Å². The molecule has 0 unspecified atom stereocenters. The van der Waals surface area contributed by atoms with Gasteiger partial charge in [0.05, 0.1) is 17.7 Å². The number of aliphatic hydroxyl groups is 1. The van der Waals surface area contributed by atoms with E-state index in [9.17, 15) is 9.90 Å². The second kappa shape index (κ2) is 4.85. The molecule has 1 aromatic heterocycles. The lowest BCUT2D eigenvalue weighted by atomic mass is 10.0. The van der Waals surface area contributed by atoms with Crippen molar-refractivity contribution in [3.05, 3.63) is 36.0 Å². The number of nitrogens with zero attached hydrogens (tertiary/aromatic N) is 1. The highest BCUT2D eigenvalue weighted by molar-refractivity contribution is 5.98. The van der Waals surface area contributed by atoms with E-state index in [0.29, 0.717) is 5.82 Å².